The second kappa shape index (κ2) is 2.77. The summed E-state index contributed by atoms with van der Waals surface area (Å²) in [5, 5.41) is 6.34. The quantitative estimate of drug-likeness (QED) is 0.681. The molecule has 12 heavy (non-hydrogen) atoms. The Morgan fingerprint density at radius 3 is 2.83 bits per heavy atom. The van der Waals surface area contributed by atoms with E-state index in [1.165, 1.54) is 6.07 Å². The van der Waals surface area contributed by atoms with Gasteiger partial charge in [0.2, 0.25) is 0 Å². The Balaban J connectivity index is 2.55. The second-order valence-electron chi connectivity index (χ2n) is 2.38. The van der Waals surface area contributed by atoms with Crippen LogP contribution in [0.3, 0.4) is 0 Å². The van der Waals surface area contributed by atoms with E-state index in [2.05, 4.69) is 16.4 Å². The van der Waals surface area contributed by atoms with Gasteiger partial charge < -0.3 is 0 Å². The highest BCUT2D eigenvalue weighted by Gasteiger charge is 2.04. The fraction of sp³-hybridized carbons (Fsp3) is 0. The molecule has 0 amide bonds. The van der Waals surface area contributed by atoms with Crippen molar-refractivity contribution in [2.24, 2.45) is 0 Å². The summed E-state index contributed by atoms with van der Waals surface area (Å²) in [6.07, 6.45) is 2.65. The summed E-state index contributed by atoms with van der Waals surface area (Å²) in [5.41, 5.74) is 1.07. The van der Waals surface area contributed by atoms with Crippen LogP contribution in [0.1, 0.15) is 0 Å². The van der Waals surface area contributed by atoms with Gasteiger partial charge in [-0.2, -0.15) is 5.10 Å². The maximum atomic E-state index is 13.1. The lowest BCUT2D eigenvalue weighted by Gasteiger charge is -1.96. The van der Waals surface area contributed by atoms with Gasteiger partial charge in [0.1, 0.15) is 5.82 Å². The zero-order valence-corrected chi connectivity index (χ0v) is 6.21. The van der Waals surface area contributed by atoms with Gasteiger partial charge in [-0.3, -0.25) is 5.10 Å². The second-order valence-corrected chi connectivity index (χ2v) is 2.38. The Morgan fingerprint density at radius 2 is 2.17 bits per heavy atom. The van der Waals surface area contributed by atoms with Gasteiger partial charge in [-0.15, -0.1) is 0 Å². The van der Waals surface area contributed by atoms with Crippen LogP contribution in [0.4, 0.5) is 4.39 Å². The number of hydrogen-bond acceptors (Lipinski definition) is 1. The molecule has 1 radical (unpaired) electrons. The van der Waals surface area contributed by atoms with Crippen LogP contribution in [-0.4, -0.2) is 10.2 Å². The standard InChI is InChI=1S/C9H6FN2/c10-8-4-2-1-3-7(8)9-5-6-11-12-9/h1-5H,(H,11,12). The molecule has 0 saturated heterocycles. The Hall–Kier alpha value is -1.64. The summed E-state index contributed by atoms with van der Waals surface area (Å²) in [7, 11) is 0. The Kier molecular flexibility index (Phi) is 1.63. The van der Waals surface area contributed by atoms with Crippen molar-refractivity contribution in [3.8, 4) is 11.3 Å². The normalized spacial score (nSPS) is 10.1. The highest BCUT2D eigenvalue weighted by molar-refractivity contribution is 5.58. The lowest BCUT2D eigenvalue weighted by molar-refractivity contribution is 0.630. The van der Waals surface area contributed by atoms with Crippen molar-refractivity contribution in [1.29, 1.82) is 0 Å². The van der Waals surface area contributed by atoms with Crippen molar-refractivity contribution in [1.82, 2.24) is 10.2 Å². The van der Waals surface area contributed by atoms with E-state index in [9.17, 15) is 4.39 Å². The average Bonchev–Trinajstić information content (AvgIpc) is 2.57. The molecular formula is C9H6FN2. The van der Waals surface area contributed by atoms with Crippen LogP contribution in [0.5, 0.6) is 0 Å². The van der Waals surface area contributed by atoms with Crippen molar-refractivity contribution in [2.75, 3.05) is 0 Å². The minimum absolute atomic E-state index is 0.266. The van der Waals surface area contributed by atoms with Gasteiger partial charge in [-0.1, -0.05) is 12.1 Å². The molecule has 0 atom stereocenters. The van der Waals surface area contributed by atoms with E-state index in [-0.39, 0.29) is 5.82 Å². The van der Waals surface area contributed by atoms with Crippen molar-refractivity contribution < 1.29 is 4.39 Å². The van der Waals surface area contributed by atoms with E-state index in [1.54, 1.807) is 24.3 Å². The van der Waals surface area contributed by atoms with E-state index in [1.807, 2.05) is 0 Å². The first kappa shape index (κ1) is 7.03. The summed E-state index contributed by atoms with van der Waals surface area (Å²) < 4.78 is 13.1. The first-order valence-corrected chi connectivity index (χ1v) is 3.54. The van der Waals surface area contributed by atoms with E-state index < -0.39 is 0 Å². The molecule has 2 aromatic rings. The largest absolute Gasteiger partial charge is 0.276 e. The van der Waals surface area contributed by atoms with Crippen LogP contribution in [0.25, 0.3) is 11.3 Å². The molecule has 2 nitrogen and oxygen atoms in total. The van der Waals surface area contributed by atoms with Gasteiger partial charge in [0.05, 0.1) is 11.9 Å². The molecule has 0 aliphatic rings. The molecule has 0 fully saturated rings. The van der Waals surface area contributed by atoms with Crippen molar-refractivity contribution in [2.45, 2.75) is 0 Å². The highest BCUT2D eigenvalue weighted by Crippen LogP contribution is 2.18. The SMILES string of the molecule is Fc1ccccc1-c1c[c][nH]n1. The maximum absolute atomic E-state index is 13.1. The van der Waals surface area contributed by atoms with Gasteiger partial charge in [0, 0.05) is 5.56 Å². The molecule has 0 unspecified atom stereocenters. The lowest BCUT2D eigenvalue weighted by Crippen LogP contribution is -1.82. The number of hydrogen-bond donors (Lipinski definition) is 1. The molecule has 0 aliphatic carbocycles. The van der Waals surface area contributed by atoms with E-state index in [0.29, 0.717) is 11.3 Å². The number of aromatic nitrogens is 2. The number of benzene rings is 1. The Labute approximate surface area is 69.1 Å². The third-order valence-electron chi connectivity index (χ3n) is 1.60. The summed E-state index contributed by atoms with van der Waals surface area (Å²) in [4.78, 5) is 0. The zero-order valence-electron chi connectivity index (χ0n) is 6.21. The number of nitrogens with zero attached hydrogens (tertiary/aromatic N) is 1. The maximum Gasteiger partial charge on any atom is 0.132 e. The van der Waals surface area contributed by atoms with Crippen LogP contribution < -0.4 is 0 Å². The van der Waals surface area contributed by atoms with Crippen LogP contribution in [0.2, 0.25) is 0 Å². The third kappa shape index (κ3) is 1.09. The minimum Gasteiger partial charge on any atom is -0.276 e. The minimum atomic E-state index is -0.266. The zero-order chi connectivity index (χ0) is 8.39. The van der Waals surface area contributed by atoms with Crippen molar-refractivity contribution in [3.05, 3.63) is 42.3 Å². The number of nitrogens with one attached hydrogen (secondary N) is 1. The molecule has 1 heterocycles. The average molecular weight is 161 g/mol. The van der Waals surface area contributed by atoms with Gasteiger partial charge in [0.15, 0.2) is 0 Å². The summed E-state index contributed by atoms with van der Waals surface area (Å²) >= 11 is 0. The molecule has 0 bridgehead atoms. The van der Waals surface area contributed by atoms with Crippen LogP contribution in [0, 0.1) is 12.0 Å². The van der Waals surface area contributed by atoms with Crippen molar-refractivity contribution in [3.63, 3.8) is 0 Å². The van der Waals surface area contributed by atoms with Gasteiger partial charge >= 0.3 is 0 Å². The first-order chi connectivity index (χ1) is 5.88. The van der Waals surface area contributed by atoms with Crippen LogP contribution in [0.15, 0.2) is 30.3 Å². The van der Waals surface area contributed by atoms with E-state index in [0.717, 1.165) is 0 Å². The fourth-order valence-corrected chi connectivity index (χ4v) is 1.03. The first-order valence-electron chi connectivity index (χ1n) is 3.54. The topological polar surface area (TPSA) is 28.7 Å². The molecular weight excluding hydrogens is 155 g/mol. The van der Waals surface area contributed by atoms with Crippen LogP contribution >= 0.6 is 0 Å². The molecule has 1 N–H and O–H groups in total. The number of aromatic amines is 1. The summed E-state index contributed by atoms with van der Waals surface area (Å²) in [6, 6.07) is 8.12. The molecule has 59 valence electrons. The predicted molar refractivity (Wildman–Crippen MR) is 42.8 cm³/mol. The summed E-state index contributed by atoms with van der Waals surface area (Å²) in [6.45, 7) is 0. The number of rotatable bonds is 1. The van der Waals surface area contributed by atoms with Crippen molar-refractivity contribution >= 4 is 0 Å². The predicted octanol–water partition coefficient (Wildman–Crippen LogP) is 2.02. The Bertz CT molecular complexity index is 368. The molecule has 1 aromatic carbocycles. The third-order valence-corrected chi connectivity index (χ3v) is 1.60. The molecule has 0 spiro atoms. The molecule has 1 aromatic heterocycles. The van der Waals surface area contributed by atoms with Gasteiger partial charge in [-0.05, 0) is 18.2 Å². The number of halogens is 1. The molecule has 3 heteroatoms. The van der Waals surface area contributed by atoms with Crippen LogP contribution in [-0.2, 0) is 0 Å². The summed E-state index contributed by atoms with van der Waals surface area (Å²) in [5.74, 6) is -0.266. The lowest BCUT2D eigenvalue weighted by atomic mass is 10.1. The smallest absolute Gasteiger partial charge is 0.132 e. The number of H-pyrrole nitrogens is 1. The molecule has 0 aliphatic heterocycles. The van der Waals surface area contributed by atoms with E-state index >= 15 is 0 Å². The van der Waals surface area contributed by atoms with E-state index in [4.69, 9.17) is 0 Å². The monoisotopic (exact) mass is 161 g/mol. The van der Waals surface area contributed by atoms with Gasteiger partial charge in [0.25, 0.3) is 0 Å². The fourth-order valence-electron chi connectivity index (χ4n) is 1.03. The highest BCUT2D eigenvalue weighted by atomic mass is 19.1. The van der Waals surface area contributed by atoms with Gasteiger partial charge in [-0.25, -0.2) is 4.39 Å². The molecule has 2 rings (SSSR count). The Morgan fingerprint density at radius 1 is 1.33 bits per heavy atom. The molecule has 0 saturated carbocycles.